The minimum absolute atomic E-state index is 0.112. The number of halogens is 1. The van der Waals surface area contributed by atoms with Crippen molar-refractivity contribution in [2.75, 3.05) is 33.2 Å². The van der Waals surface area contributed by atoms with Gasteiger partial charge in [0.05, 0.1) is 23.5 Å². The SMILES string of the molecule is CN(Cc1ccc(Cl)s1)C(=O)CN1CCNCC1c1nccn1C. The minimum Gasteiger partial charge on any atom is -0.340 e. The molecule has 130 valence electrons. The maximum Gasteiger partial charge on any atom is 0.236 e. The second-order valence-corrected chi connectivity index (χ2v) is 7.84. The van der Waals surface area contributed by atoms with Gasteiger partial charge in [0.1, 0.15) is 5.82 Å². The van der Waals surface area contributed by atoms with Gasteiger partial charge in [0.2, 0.25) is 5.91 Å². The first-order valence-electron chi connectivity index (χ1n) is 7.95. The van der Waals surface area contributed by atoms with Gasteiger partial charge in [-0.1, -0.05) is 11.6 Å². The summed E-state index contributed by atoms with van der Waals surface area (Å²) in [6.45, 7) is 3.52. The molecule has 2 aromatic rings. The number of aryl methyl sites for hydroxylation is 1. The van der Waals surface area contributed by atoms with Gasteiger partial charge in [0.25, 0.3) is 0 Å². The molecule has 0 saturated carbocycles. The zero-order valence-corrected chi connectivity index (χ0v) is 15.5. The summed E-state index contributed by atoms with van der Waals surface area (Å²) in [5.74, 6) is 1.10. The number of hydrogen-bond acceptors (Lipinski definition) is 5. The molecule has 0 radical (unpaired) electrons. The van der Waals surface area contributed by atoms with Crippen molar-refractivity contribution in [3.63, 3.8) is 0 Å². The number of likely N-dealkylation sites (N-methyl/N-ethyl adjacent to an activating group) is 1. The minimum atomic E-state index is 0.112. The fraction of sp³-hybridized carbons (Fsp3) is 0.500. The van der Waals surface area contributed by atoms with E-state index in [0.717, 1.165) is 34.7 Å². The molecule has 6 nitrogen and oxygen atoms in total. The molecule has 3 heterocycles. The lowest BCUT2D eigenvalue weighted by molar-refractivity contribution is -0.132. The van der Waals surface area contributed by atoms with Crippen LogP contribution in [0.15, 0.2) is 24.5 Å². The smallest absolute Gasteiger partial charge is 0.236 e. The van der Waals surface area contributed by atoms with Crippen LogP contribution in [0, 0.1) is 0 Å². The van der Waals surface area contributed by atoms with Gasteiger partial charge in [0.15, 0.2) is 0 Å². The normalized spacial score (nSPS) is 18.7. The highest BCUT2D eigenvalue weighted by molar-refractivity contribution is 7.16. The number of carbonyl (C=O) groups is 1. The lowest BCUT2D eigenvalue weighted by Gasteiger charge is -2.36. The van der Waals surface area contributed by atoms with Crippen molar-refractivity contribution in [1.29, 1.82) is 0 Å². The number of hydrogen-bond donors (Lipinski definition) is 1. The van der Waals surface area contributed by atoms with Crippen LogP contribution < -0.4 is 5.32 Å². The number of amides is 1. The summed E-state index contributed by atoms with van der Waals surface area (Å²) < 4.78 is 2.77. The zero-order valence-electron chi connectivity index (χ0n) is 13.9. The average molecular weight is 368 g/mol. The van der Waals surface area contributed by atoms with Gasteiger partial charge >= 0.3 is 0 Å². The molecule has 0 aromatic carbocycles. The summed E-state index contributed by atoms with van der Waals surface area (Å²) in [6.07, 6.45) is 3.74. The molecule has 1 atom stereocenters. The molecule has 1 N–H and O–H groups in total. The number of piperazine rings is 1. The van der Waals surface area contributed by atoms with Crippen LogP contribution in [0.1, 0.15) is 16.7 Å². The number of imidazole rings is 1. The van der Waals surface area contributed by atoms with Crippen molar-refractivity contribution in [3.8, 4) is 0 Å². The third kappa shape index (κ3) is 3.97. The average Bonchev–Trinajstić information content (AvgIpc) is 3.16. The zero-order chi connectivity index (χ0) is 17.1. The van der Waals surface area contributed by atoms with E-state index in [2.05, 4.69) is 15.2 Å². The summed E-state index contributed by atoms with van der Waals surface area (Å²) in [5.41, 5.74) is 0. The van der Waals surface area contributed by atoms with Crippen molar-refractivity contribution in [1.82, 2.24) is 24.7 Å². The first kappa shape index (κ1) is 17.4. The van der Waals surface area contributed by atoms with Crippen LogP contribution in [-0.4, -0.2) is 58.5 Å². The number of nitrogens with zero attached hydrogens (tertiary/aromatic N) is 4. The Labute approximate surface area is 151 Å². The van der Waals surface area contributed by atoms with Crippen LogP contribution in [0.3, 0.4) is 0 Å². The van der Waals surface area contributed by atoms with E-state index < -0.39 is 0 Å². The van der Waals surface area contributed by atoms with Crippen LogP contribution in [0.25, 0.3) is 0 Å². The molecule has 24 heavy (non-hydrogen) atoms. The lowest BCUT2D eigenvalue weighted by Crippen LogP contribution is -2.50. The van der Waals surface area contributed by atoms with Gasteiger partial charge in [-0.25, -0.2) is 4.98 Å². The molecule has 0 bridgehead atoms. The van der Waals surface area contributed by atoms with Crippen LogP contribution in [0.5, 0.6) is 0 Å². The number of rotatable bonds is 5. The van der Waals surface area contributed by atoms with E-state index in [1.165, 1.54) is 11.3 Å². The molecular weight excluding hydrogens is 346 g/mol. The van der Waals surface area contributed by atoms with Crippen molar-refractivity contribution in [2.45, 2.75) is 12.6 Å². The molecule has 3 rings (SSSR count). The molecular formula is C16H22ClN5OS. The first-order valence-corrected chi connectivity index (χ1v) is 9.14. The molecule has 1 unspecified atom stereocenters. The highest BCUT2D eigenvalue weighted by Crippen LogP contribution is 2.23. The van der Waals surface area contributed by atoms with E-state index in [4.69, 9.17) is 11.6 Å². The third-order valence-corrected chi connectivity index (χ3v) is 5.51. The molecule has 1 saturated heterocycles. The van der Waals surface area contributed by atoms with E-state index in [-0.39, 0.29) is 11.9 Å². The van der Waals surface area contributed by atoms with Gasteiger partial charge in [-0.15, -0.1) is 11.3 Å². The molecule has 2 aromatic heterocycles. The molecule has 1 aliphatic rings. The predicted octanol–water partition coefficient (Wildman–Crippen LogP) is 1.74. The number of aromatic nitrogens is 2. The highest BCUT2D eigenvalue weighted by Gasteiger charge is 2.29. The Morgan fingerprint density at radius 2 is 2.38 bits per heavy atom. The van der Waals surface area contributed by atoms with Gasteiger partial charge < -0.3 is 14.8 Å². The van der Waals surface area contributed by atoms with E-state index in [1.54, 1.807) is 11.1 Å². The Morgan fingerprint density at radius 1 is 1.54 bits per heavy atom. The second-order valence-electron chi connectivity index (χ2n) is 6.04. The van der Waals surface area contributed by atoms with Crippen molar-refractivity contribution in [3.05, 3.63) is 39.6 Å². The maximum atomic E-state index is 12.6. The molecule has 1 amide bonds. The summed E-state index contributed by atoms with van der Waals surface area (Å²) >= 11 is 7.48. The molecule has 1 aliphatic heterocycles. The molecule has 0 aliphatic carbocycles. The summed E-state index contributed by atoms with van der Waals surface area (Å²) in [4.78, 5) is 22.2. The van der Waals surface area contributed by atoms with E-state index in [0.29, 0.717) is 13.1 Å². The van der Waals surface area contributed by atoms with Gasteiger partial charge in [-0.2, -0.15) is 0 Å². The van der Waals surface area contributed by atoms with Crippen molar-refractivity contribution < 1.29 is 4.79 Å². The fourth-order valence-electron chi connectivity index (χ4n) is 2.94. The summed E-state index contributed by atoms with van der Waals surface area (Å²) in [6, 6.07) is 3.96. The number of carbonyl (C=O) groups excluding carboxylic acids is 1. The Balaban J connectivity index is 1.64. The Bertz CT molecular complexity index is 700. The van der Waals surface area contributed by atoms with Gasteiger partial charge in [-0.3, -0.25) is 9.69 Å². The van der Waals surface area contributed by atoms with Crippen LogP contribution in [0.2, 0.25) is 4.34 Å². The second kappa shape index (κ2) is 7.65. The topological polar surface area (TPSA) is 53.4 Å². The Kier molecular flexibility index (Phi) is 5.55. The third-order valence-electron chi connectivity index (χ3n) is 4.30. The monoisotopic (exact) mass is 367 g/mol. The largest absolute Gasteiger partial charge is 0.340 e. The van der Waals surface area contributed by atoms with Crippen LogP contribution >= 0.6 is 22.9 Å². The van der Waals surface area contributed by atoms with Gasteiger partial charge in [-0.05, 0) is 12.1 Å². The standard InChI is InChI=1S/C16H22ClN5OS/c1-20-7-6-19-16(20)13-9-18-5-8-22(13)11-15(23)21(2)10-12-3-4-14(17)24-12/h3-4,6-7,13,18H,5,8-11H2,1-2H3. The molecule has 8 heteroatoms. The summed E-state index contributed by atoms with van der Waals surface area (Å²) in [5, 5.41) is 3.39. The number of thiophene rings is 1. The fourth-order valence-corrected chi connectivity index (χ4v) is 4.08. The van der Waals surface area contributed by atoms with Crippen molar-refractivity contribution in [2.24, 2.45) is 7.05 Å². The maximum absolute atomic E-state index is 12.6. The molecule has 0 spiro atoms. The van der Waals surface area contributed by atoms with Crippen LogP contribution in [-0.2, 0) is 18.4 Å². The van der Waals surface area contributed by atoms with Crippen molar-refractivity contribution >= 4 is 28.8 Å². The van der Waals surface area contributed by atoms with Crippen LogP contribution in [0.4, 0.5) is 0 Å². The summed E-state index contributed by atoms with van der Waals surface area (Å²) in [7, 11) is 3.83. The van der Waals surface area contributed by atoms with E-state index in [1.807, 2.05) is 37.0 Å². The van der Waals surface area contributed by atoms with E-state index in [9.17, 15) is 4.79 Å². The quantitative estimate of drug-likeness (QED) is 0.874. The Morgan fingerprint density at radius 3 is 3.04 bits per heavy atom. The first-order chi connectivity index (χ1) is 11.5. The predicted molar refractivity (Wildman–Crippen MR) is 96.2 cm³/mol. The van der Waals surface area contributed by atoms with E-state index >= 15 is 0 Å². The highest BCUT2D eigenvalue weighted by atomic mass is 35.5. The molecule has 1 fully saturated rings. The Hall–Kier alpha value is -1.41. The van der Waals surface area contributed by atoms with Gasteiger partial charge in [0, 0.05) is 51.0 Å². The number of nitrogens with one attached hydrogen (secondary N) is 1. The lowest BCUT2D eigenvalue weighted by atomic mass is 10.1.